The summed E-state index contributed by atoms with van der Waals surface area (Å²) in [6, 6.07) is 0. The molecule has 1 aliphatic rings. The minimum absolute atomic E-state index is 0. The van der Waals surface area contributed by atoms with Crippen LogP contribution >= 0.6 is 0 Å². The van der Waals surface area contributed by atoms with Gasteiger partial charge < -0.3 is 14.4 Å². The molecule has 0 aliphatic heterocycles. The van der Waals surface area contributed by atoms with E-state index in [-0.39, 0.29) is 17.1 Å². The van der Waals surface area contributed by atoms with E-state index in [9.17, 15) is 0 Å². The van der Waals surface area contributed by atoms with Gasteiger partial charge in [0.05, 0.1) is 0 Å². The molecule has 0 aromatic heterocycles. The fourth-order valence-corrected chi connectivity index (χ4v) is 0.856. The number of allylic oxidation sites excluding steroid dienone is 4. The Morgan fingerprint density at radius 2 is 0.667 bits per heavy atom. The van der Waals surface area contributed by atoms with E-state index in [1.807, 2.05) is 20.4 Å². The molecule has 88 valence electrons. The molecular formula is C11H18FeO3. The minimum Gasteiger partial charge on any atom is -0.307 e. The monoisotopic (exact) mass is 254 g/mol. The van der Waals surface area contributed by atoms with Crippen molar-refractivity contribution >= 4 is 20.4 Å². The molecule has 0 spiro atoms. The first-order chi connectivity index (χ1) is 7.00. The quantitative estimate of drug-likeness (QED) is 0.491. The van der Waals surface area contributed by atoms with Crippen LogP contribution in [0.4, 0.5) is 0 Å². The molecule has 0 atom stereocenters. The zero-order valence-corrected chi connectivity index (χ0v) is 9.94. The SMILES string of the molecule is C1=CCCC=CCC1.C=O.C=O.C=O.[Fe]. The molecule has 0 aromatic carbocycles. The van der Waals surface area contributed by atoms with Crippen LogP contribution in [0.15, 0.2) is 24.3 Å². The first kappa shape index (κ1) is 23.7. The van der Waals surface area contributed by atoms with E-state index in [0.29, 0.717) is 0 Å². The topological polar surface area (TPSA) is 51.2 Å². The molecule has 0 radical (unpaired) electrons. The molecule has 3 nitrogen and oxygen atoms in total. The summed E-state index contributed by atoms with van der Waals surface area (Å²) in [5, 5.41) is 0. The van der Waals surface area contributed by atoms with Gasteiger partial charge in [-0.05, 0) is 25.7 Å². The number of hydrogen-bond acceptors (Lipinski definition) is 3. The van der Waals surface area contributed by atoms with E-state index in [1.165, 1.54) is 25.7 Å². The molecule has 0 bridgehead atoms. The number of carbonyl (C=O) groups excluding carboxylic acids is 3. The molecule has 1 rings (SSSR count). The Hall–Kier alpha value is -0.991. The average Bonchev–Trinajstić information content (AvgIpc) is 2.26. The summed E-state index contributed by atoms with van der Waals surface area (Å²) in [5.41, 5.74) is 0. The maximum Gasteiger partial charge on any atom is 0.106 e. The summed E-state index contributed by atoms with van der Waals surface area (Å²) in [7, 11) is 0. The van der Waals surface area contributed by atoms with E-state index in [2.05, 4.69) is 24.3 Å². The Labute approximate surface area is 102 Å². The fourth-order valence-electron chi connectivity index (χ4n) is 0.856. The Kier molecular flexibility index (Phi) is 60.3. The Morgan fingerprint density at radius 1 is 0.533 bits per heavy atom. The van der Waals surface area contributed by atoms with Crippen molar-refractivity contribution in [2.45, 2.75) is 25.7 Å². The second-order valence-electron chi connectivity index (χ2n) is 2.10. The van der Waals surface area contributed by atoms with Crippen LogP contribution in [0.3, 0.4) is 0 Å². The molecule has 0 amide bonds. The normalized spacial score (nSPS) is 11.5. The summed E-state index contributed by atoms with van der Waals surface area (Å²) >= 11 is 0. The van der Waals surface area contributed by atoms with Gasteiger partial charge in [-0.3, -0.25) is 0 Å². The molecule has 0 saturated carbocycles. The van der Waals surface area contributed by atoms with Gasteiger partial charge in [0, 0.05) is 17.1 Å². The van der Waals surface area contributed by atoms with Crippen LogP contribution in [0.1, 0.15) is 25.7 Å². The van der Waals surface area contributed by atoms with Gasteiger partial charge in [0.15, 0.2) is 0 Å². The van der Waals surface area contributed by atoms with Crippen molar-refractivity contribution in [2.24, 2.45) is 0 Å². The molecule has 0 heterocycles. The molecule has 0 saturated heterocycles. The molecule has 0 unspecified atom stereocenters. The van der Waals surface area contributed by atoms with E-state index in [0.717, 1.165) is 0 Å². The first-order valence-corrected chi connectivity index (χ1v) is 4.17. The van der Waals surface area contributed by atoms with E-state index < -0.39 is 0 Å². The minimum atomic E-state index is 0. The molecular weight excluding hydrogens is 236 g/mol. The molecule has 0 fully saturated rings. The second-order valence-corrected chi connectivity index (χ2v) is 2.10. The zero-order valence-electron chi connectivity index (χ0n) is 8.84. The molecule has 15 heavy (non-hydrogen) atoms. The van der Waals surface area contributed by atoms with Crippen LogP contribution < -0.4 is 0 Å². The zero-order chi connectivity index (χ0) is 11.7. The Balaban J connectivity index is -0.0000000755. The number of rotatable bonds is 0. The van der Waals surface area contributed by atoms with Crippen LogP contribution in [0.2, 0.25) is 0 Å². The third-order valence-corrected chi connectivity index (χ3v) is 1.33. The summed E-state index contributed by atoms with van der Waals surface area (Å²) in [6.45, 7) is 6.00. The van der Waals surface area contributed by atoms with Crippen LogP contribution in [0, 0.1) is 0 Å². The third-order valence-electron chi connectivity index (χ3n) is 1.33. The average molecular weight is 254 g/mol. The molecule has 0 aromatic rings. The van der Waals surface area contributed by atoms with Crippen molar-refractivity contribution in [3.63, 3.8) is 0 Å². The fraction of sp³-hybridized carbons (Fsp3) is 0.364. The van der Waals surface area contributed by atoms with Crippen LogP contribution in [-0.4, -0.2) is 20.4 Å². The van der Waals surface area contributed by atoms with Gasteiger partial charge in [0.2, 0.25) is 0 Å². The van der Waals surface area contributed by atoms with Crippen molar-refractivity contribution in [3.05, 3.63) is 24.3 Å². The van der Waals surface area contributed by atoms with Crippen molar-refractivity contribution in [3.8, 4) is 0 Å². The summed E-state index contributed by atoms with van der Waals surface area (Å²) < 4.78 is 0. The molecule has 4 heteroatoms. The number of hydrogen-bond donors (Lipinski definition) is 0. The largest absolute Gasteiger partial charge is 0.307 e. The van der Waals surface area contributed by atoms with Crippen LogP contribution in [-0.2, 0) is 31.5 Å². The van der Waals surface area contributed by atoms with Gasteiger partial charge in [-0.15, -0.1) is 0 Å². The predicted octanol–water partition coefficient (Wildman–Crippen LogP) is 2.12. The third kappa shape index (κ3) is 32.1. The Bertz CT molecular complexity index is 116. The summed E-state index contributed by atoms with van der Waals surface area (Å²) in [4.78, 5) is 24.0. The molecule has 1 aliphatic carbocycles. The van der Waals surface area contributed by atoms with Crippen molar-refractivity contribution in [2.75, 3.05) is 0 Å². The summed E-state index contributed by atoms with van der Waals surface area (Å²) in [5.74, 6) is 0. The van der Waals surface area contributed by atoms with Gasteiger partial charge in [-0.1, -0.05) is 24.3 Å². The van der Waals surface area contributed by atoms with Gasteiger partial charge in [-0.2, -0.15) is 0 Å². The molecule has 0 N–H and O–H groups in total. The van der Waals surface area contributed by atoms with Gasteiger partial charge in [0.25, 0.3) is 0 Å². The standard InChI is InChI=1S/C8H12.3CH2O.Fe/c1-2-4-6-8-7-5-3-1;3*1-2;/h1-2,7-8H,3-6H2;3*1H2;. The van der Waals surface area contributed by atoms with Gasteiger partial charge in [0.1, 0.15) is 20.4 Å². The van der Waals surface area contributed by atoms with E-state index in [1.54, 1.807) is 0 Å². The summed E-state index contributed by atoms with van der Waals surface area (Å²) in [6.07, 6.45) is 14.0. The maximum absolute atomic E-state index is 8.00. The Morgan fingerprint density at radius 3 is 0.800 bits per heavy atom. The number of carbonyl (C=O) groups is 3. The first-order valence-electron chi connectivity index (χ1n) is 4.17. The van der Waals surface area contributed by atoms with Crippen molar-refractivity contribution in [1.82, 2.24) is 0 Å². The van der Waals surface area contributed by atoms with E-state index in [4.69, 9.17) is 14.4 Å². The maximum atomic E-state index is 8.00. The second kappa shape index (κ2) is 38.2. The smallest absolute Gasteiger partial charge is 0.106 e. The van der Waals surface area contributed by atoms with Gasteiger partial charge in [-0.25, -0.2) is 0 Å². The van der Waals surface area contributed by atoms with Crippen molar-refractivity contribution in [1.29, 1.82) is 0 Å². The van der Waals surface area contributed by atoms with E-state index >= 15 is 0 Å². The predicted molar refractivity (Wildman–Crippen MR) is 58.1 cm³/mol. The van der Waals surface area contributed by atoms with Crippen LogP contribution in [0.25, 0.3) is 0 Å². The van der Waals surface area contributed by atoms with Crippen molar-refractivity contribution < 1.29 is 31.5 Å². The van der Waals surface area contributed by atoms with Gasteiger partial charge >= 0.3 is 0 Å². The van der Waals surface area contributed by atoms with Crippen LogP contribution in [0.5, 0.6) is 0 Å².